The molecular formula is C29H39O5S4UV-. The fourth-order valence-corrected chi connectivity index (χ4v) is 4.23. The molecule has 0 saturated carbocycles. The van der Waals surface area contributed by atoms with Gasteiger partial charge >= 0.3 is 11.9 Å². The van der Waals surface area contributed by atoms with Crippen LogP contribution in [0.3, 0.4) is 0 Å². The molecule has 1 N–H and O–H groups in total. The molecule has 0 saturated heterocycles. The molecule has 0 fully saturated rings. The van der Waals surface area contributed by atoms with E-state index in [1.807, 2.05) is 87.2 Å². The smallest absolute Gasteiger partial charge is 0.316 e. The van der Waals surface area contributed by atoms with Gasteiger partial charge in [0.2, 0.25) is 0 Å². The number of carbonyl (C=O) groups is 2. The van der Waals surface area contributed by atoms with Gasteiger partial charge < -0.3 is 26.3 Å². The zero-order valence-electron chi connectivity index (χ0n) is 23.4. The molecule has 1 radical (unpaired) electrons. The first-order chi connectivity index (χ1) is 18.4. The number of thioether (sulfide) groups is 2. The van der Waals surface area contributed by atoms with Gasteiger partial charge in [0.15, 0.2) is 0 Å². The van der Waals surface area contributed by atoms with E-state index < -0.39 is 0 Å². The van der Waals surface area contributed by atoms with Gasteiger partial charge in [0, 0.05) is 66.9 Å². The third kappa shape index (κ3) is 25.6. The molecule has 5 nitrogen and oxygen atoms in total. The summed E-state index contributed by atoms with van der Waals surface area (Å²) in [5, 5.41) is 7.88. The van der Waals surface area contributed by atoms with Gasteiger partial charge in [0.05, 0.1) is 23.2 Å². The van der Waals surface area contributed by atoms with Crippen molar-refractivity contribution in [1.82, 2.24) is 0 Å². The number of benzene rings is 2. The molecule has 0 amide bonds. The maximum atomic E-state index is 11.2. The van der Waals surface area contributed by atoms with Gasteiger partial charge in [0.25, 0.3) is 0 Å². The third-order valence-corrected chi connectivity index (χ3v) is 7.00. The summed E-state index contributed by atoms with van der Waals surface area (Å²) in [4.78, 5) is 22.5. The Morgan fingerprint density at radius 3 is 1.70 bits per heavy atom. The number of ether oxygens (including phenoxy) is 2. The molecule has 219 valence electrons. The summed E-state index contributed by atoms with van der Waals surface area (Å²) in [5.41, 5.74) is 2.02. The van der Waals surface area contributed by atoms with E-state index in [1.54, 1.807) is 0 Å². The molecule has 0 aliphatic rings. The Balaban J connectivity index is -0.000000580. The molecule has 0 aliphatic carbocycles. The van der Waals surface area contributed by atoms with Gasteiger partial charge in [-0.2, -0.15) is 6.42 Å². The molecule has 0 aliphatic heterocycles. The second-order valence-electron chi connectivity index (χ2n) is 7.58. The largest absolute Gasteiger partial charge is 0.466 e. The quantitative estimate of drug-likeness (QED) is 0.0959. The Morgan fingerprint density at radius 2 is 1.25 bits per heavy atom. The van der Waals surface area contributed by atoms with E-state index in [0.29, 0.717) is 32.7 Å². The Bertz CT molecular complexity index is 919. The minimum atomic E-state index is -0.204. The van der Waals surface area contributed by atoms with Crippen LogP contribution in [-0.2, 0) is 37.6 Å². The molecule has 0 unspecified atom stereocenters. The maximum Gasteiger partial charge on any atom is 0.316 e. The first kappa shape index (κ1) is 44.3. The number of carbonyl (C=O) groups excluding carboxylic acids is 2. The molecule has 2 aromatic carbocycles. The average molecular weight is 885 g/mol. The SMILES string of the molecule is CCCO.CCCOC(=O)CC[CH-]SC(=S)c1ccccc1.CCCOC(=O)CSC(=S)c1ccccc1.[U].[V]. The van der Waals surface area contributed by atoms with Crippen LogP contribution in [0.25, 0.3) is 0 Å². The van der Waals surface area contributed by atoms with Gasteiger partial charge in [-0.1, -0.05) is 106 Å². The summed E-state index contributed by atoms with van der Waals surface area (Å²) in [7, 11) is 0. The van der Waals surface area contributed by atoms with Gasteiger partial charge in [-0.3, -0.25) is 15.3 Å². The van der Waals surface area contributed by atoms with E-state index in [4.69, 9.17) is 39.0 Å². The Morgan fingerprint density at radius 1 is 0.800 bits per heavy atom. The zero-order chi connectivity index (χ0) is 28.4. The van der Waals surface area contributed by atoms with Gasteiger partial charge in [-0.15, -0.1) is 11.8 Å². The topological polar surface area (TPSA) is 72.8 Å². The van der Waals surface area contributed by atoms with Crippen LogP contribution in [0.4, 0.5) is 0 Å². The van der Waals surface area contributed by atoms with Crippen LogP contribution in [0.2, 0.25) is 0 Å². The maximum absolute atomic E-state index is 11.2. The van der Waals surface area contributed by atoms with Crippen LogP contribution in [0.5, 0.6) is 0 Å². The zero-order valence-corrected chi connectivity index (χ0v) is 32.2. The van der Waals surface area contributed by atoms with Crippen LogP contribution in [0.15, 0.2) is 60.7 Å². The molecule has 11 heteroatoms. The van der Waals surface area contributed by atoms with E-state index in [0.717, 1.165) is 38.8 Å². The fourth-order valence-electron chi connectivity index (χ4n) is 2.28. The monoisotopic (exact) mass is 884 g/mol. The Hall–Kier alpha value is -0.144. The average Bonchev–Trinajstić information content (AvgIpc) is 2.97. The second kappa shape index (κ2) is 31.8. The number of thiocarbonyl (C=S) groups is 2. The first-order valence-electron chi connectivity index (χ1n) is 12.6. The van der Waals surface area contributed by atoms with Crippen molar-refractivity contribution in [2.45, 2.75) is 52.9 Å². The van der Waals surface area contributed by atoms with Crippen LogP contribution >= 0.6 is 48.0 Å². The normalized spacial score (nSPS) is 9.20. The predicted octanol–water partition coefficient (Wildman–Crippen LogP) is 7.43. The van der Waals surface area contributed by atoms with Crippen molar-refractivity contribution >= 4 is 68.3 Å². The van der Waals surface area contributed by atoms with E-state index in [-0.39, 0.29) is 67.4 Å². The summed E-state index contributed by atoms with van der Waals surface area (Å²) in [6.45, 7) is 7.19. The summed E-state index contributed by atoms with van der Waals surface area (Å²) < 4.78 is 11.5. The summed E-state index contributed by atoms with van der Waals surface area (Å²) in [6.07, 6.45) is 3.69. The van der Waals surface area contributed by atoms with Crippen LogP contribution in [0.1, 0.15) is 64.0 Å². The van der Waals surface area contributed by atoms with Crippen LogP contribution in [0, 0.1) is 36.9 Å². The first-order valence-corrected chi connectivity index (χ1v) is 15.3. The minimum absolute atomic E-state index is 0. The molecule has 40 heavy (non-hydrogen) atoms. The molecular weight excluding hydrogens is 846 g/mol. The molecule has 0 atom stereocenters. The number of hydrogen-bond acceptors (Lipinski definition) is 9. The summed E-state index contributed by atoms with van der Waals surface area (Å²) in [6, 6.07) is 19.5. The second-order valence-corrected chi connectivity index (χ2v) is 10.9. The van der Waals surface area contributed by atoms with Crippen molar-refractivity contribution < 1.29 is 73.8 Å². The molecule has 2 rings (SSSR count). The van der Waals surface area contributed by atoms with E-state index >= 15 is 0 Å². The third-order valence-electron chi connectivity index (χ3n) is 4.15. The van der Waals surface area contributed by atoms with Crippen LogP contribution in [-0.4, -0.2) is 51.0 Å². The van der Waals surface area contributed by atoms with E-state index in [2.05, 4.69) is 0 Å². The van der Waals surface area contributed by atoms with E-state index in [9.17, 15) is 9.59 Å². The van der Waals surface area contributed by atoms with Gasteiger partial charge in [0.1, 0.15) is 0 Å². The number of esters is 2. The van der Waals surface area contributed by atoms with Crippen molar-refractivity contribution in [2.75, 3.05) is 25.6 Å². The number of aliphatic hydroxyl groups is 1. The number of aliphatic hydroxyl groups excluding tert-OH is 1. The van der Waals surface area contributed by atoms with Crippen molar-refractivity contribution in [3.8, 4) is 0 Å². The molecule has 2 aromatic rings. The molecule has 0 heterocycles. The summed E-state index contributed by atoms with van der Waals surface area (Å²) >= 11 is 13.3. The molecule has 0 aromatic heterocycles. The Labute approximate surface area is 295 Å². The number of rotatable bonds is 13. The van der Waals surface area contributed by atoms with E-state index in [1.165, 1.54) is 23.5 Å². The van der Waals surface area contributed by atoms with Gasteiger partial charge in [-0.25, -0.2) is 0 Å². The minimum Gasteiger partial charge on any atom is -0.466 e. The summed E-state index contributed by atoms with van der Waals surface area (Å²) in [5.74, 6) is 1.90. The van der Waals surface area contributed by atoms with Crippen LogP contribution < -0.4 is 0 Å². The molecule has 0 spiro atoms. The Kier molecular flexibility index (Phi) is 35.2. The molecule has 0 bridgehead atoms. The van der Waals surface area contributed by atoms with Crippen molar-refractivity contribution in [3.05, 3.63) is 77.5 Å². The van der Waals surface area contributed by atoms with Crippen molar-refractivity contribution in [2.24, 2.45) is 0 Å². The predicted molar refractivity (Wildman–Crippen MR) is 170 cm³/mol. The van der Waals surface area contributed by atoms with Crippen molar-refractivity contribution in [1.29, 1.82) is 0 Å². The van der Waals surface area contributed by atoms with Gasteiger partial charge in [-0.05, 0) is 30.4 Å². The van der Waals surface area contributed by atoms with Crippen molar-refractivity contribution in [3.63, 3.8) is 0 Å². The number of hydrogen-bond donors (Lipinski definition) is 1. The standard InChI is InChI=1S/C14H17O2S2.C12H14O2S2.C3H8O.U.V/c1-2-10-16-13(15)9-6-11-18-14(17)12-7-4-3-5-8-12;1-2-8-14-11(13)9-16-12(15)10-6-4-3-5-7-10;1-2-3-4;;/h3-5,7-8,11H,2,6,9-10H2,1H3;3-7H,2,8-9H2,1H3;4H,2-3H2,1H3;;/q-1;;;;. The fraction of sp³-hybridized carbons (Fsp3) is 0.414.